The lowest BCUT2D eigenvalue weighted by Gasteiger charge is -2.29. The molecule has 4 aromatic carbocycles. The van der Waals surface area contributed by atoms with Gasteiger partial charge in [0.2, 0.25) is 0 Å². The van der Waals surface area contributed by atoms with E-state index in [0.29, 0.717) is 37.4 Å². The topological polar surface area (TPSA) is 32.7 Å². The largest absolute Gasteiger partial charge is 0.512 e. The van der Waals surface area contributed by atoms with Crippen LogP contribution in [-0.2, 0) is 18.1 Å². The Morgan fingerprint density at radius 3 is 1.98 bits per heavy atom. The Morgan fingerprint density at radius 2 is 1.43 bits per heavy atom. The average Bonchev–Trinajstić information content (AvgIpc) is 3.03. The van der Waals surface area contributed by atoms with Crippen molar-refractivity contribution in [2.45, 2.75) is 64.6 Å². The molecule has 0 aliphatic carbocycles. The number of ether oxygens (including phenoxy) is 1. The van der Waals surface area contributed by atoms with Gasteiger partial charge in [-0.25, -0.2) is 0 Å². The van der Waals surface area contributed by atoms with Crippen molar-refractivity contribution in [2.75, 3.05) is 19.7 Å². The highest BCUT2D eigenvalue weighted by atomic mass is 35.5. The van der Waals surface area contributed by atoms with Gasteiger partial charge in [-0.05, 0) is 60.7 Å². The summed E-state index contributed by atoms with van der Waals surface area (Å²) in [5.74, 6) is 0.740. The van der Waals surface area contributed by atoms with Gasteiger partial charge in [-0.1, -0.05) is 123 Å². The van der Waals surface area contributed by atoms with Crippen LogP contribution in [-0.4, -0.2) is 29.7 Å². The van der Waals surface area contributed by atoms with Gasteiger partial charge >= 0.3 is 6.18 Å². The zero-order valence-corrected chi connectivity index (χ0v) is 27.9. The Morgan fingerprint density at radius 1 is 0.870 bits per heavy atom. The van der Waals surface area contributed by atoms with E-state index in [-0.39, 0.29) is 23.2 Å². The van der Waals surface area contributed by atoms with Gasteiger partial charge in [0.15, 0.2) is 0 Å². The van der Waals surface area contributed by atoms with Gasteiger partial charge in [-0.3, -0.25) is 4.90 Å². The maximum absolute atomic E-state index is 13.6. The van der Waals surface area contributed by atoms with Crippen LogP contribution in [0.1, 0.15) is 74.3 Å². The molecular formula is C39H45ClF3NO2. The van der Waals surface area contributed by atoms with Crippen LogP contribution in [0, 0.1) is 0 Å². The summed E-state index contributed by atoms with van der Waals surface area (Å²) in [4.78, 5) is 2.14. The molecule has 0 aliphatic heterocycles. The molecule has 246 valence electrons. The van der Waals surface area contributed by atoms with Crippen LogP contribution in [0.4, 0.5) is 13.2 Å². The van der Waals surface area contributed by atoms with Crippen molar-refractivity contribution in [1.82, 2.24) is 4.90 Å². The molecule has 0 aliphatic rings. The number of aliphatic hydroxyl groups excluding tert-OH is 1. The fraction of sp³-hybridized carbons (Fsp3) is 0.333. The molecule has 3 nitrogen and oxygen atoms in total. The number of hydrogen-bond acceptors (Lipinski definition) is 3. The van der Waals surface area contributed by atoms with Crippen LogP contribution in [0.2, 0.25) is 5.02 Å². The molecule has 7 heteroatoms. The van der Waals surface area contributed by atoms with Crippen molar-refractivity contribution in [3.63, 3.8) is 0 Å². The number of allylic oxidation sites excluding steroid dienone is 1. The Labute approximate surface area is 277 Å². The van der Waals surface area contributed by atoms with E-state index in [1.807, 2.05) is 74.5 Å². The lowest BCUT2D eigenvalue weighted by atomic mass is 9.83. The smallest absolute Gasteiger partial charge is 0.417 e. The molecule has 0 fully saturated rings. The summed E-state index contributed by atoms with van der Waals surface area (Å²) < 4.78 is 47.0. The number of benzene rings is 4. The van der Waals surface area contributed by atoms with E-state index in [4.69, 9.17) is 16.3 Å². The van der Waals surface area contributed by atoms with E-state index >= 15 is 0 Å². The number of hydrogen-bond donors (Lipinski definition) is 1. The summed E-state index contributed by atoms with van der Waals surface area (Å²) in [6, 6.07) is 31.8. The van der Waals surface area contributed by atoms with Crippen LogP contribution in [0.15, 0.2) is 115 Å². The minimum atomic E-state index is -4.53. The molecule has 0 bridgehead atoms. The highest BCUT2D eigenvalue weighted by Gasteiger charge is 2.34. The summed E-state index contributed by atoms with van der Waals surface area (Å²) in [5, 5.41) is 9.76. The first kappa shape index (κ1) is 36.7. The quantitative estimate of drug-likeness (QED) is 0.115. The van der Waals surface area contributed by atoms with E-state index in [1.54, 1.807) is 6.07 Å². The average molecular weight is 652 g/mol. The normalized spacial score (nSPS) is 11.7. The zero-order valence-electron chi connectivity index (χ0n) is 27.2. The Hall–Kier alpha value is -3.74. The summed E-state index contributed by atoms with van der Waals surface area (Å²) >= 11 is 6.33. The minimum absolute atomic E-state index is 0.00149. The van der Waals surface area contributed by atoms with Crippen LogP contribution in [0.25, 0.3) is 0 Å². The third-order valence-corrected chi connectivity index (χ3v) is 8.23. The molecule has 0 saturated carbocycles. The first-order chi connectivity index (χ1) is 21.9. The molecule has 0 radical (unpaired) electrons. The first-order valence-electron chi connectivity index (χ1n) is 15.7. The lowest BCUT2D eigenvalue weighted by Crippen LogP contribution is -2.31. The molecule has 0 amide bonds. The van der Waals surface area contributed by atoms with Gasteiger partial charge in [0, 0.05) is 31.0 Å². The molecule has 0 saturated heterocycles. The second kappa shape index (κ2) is 17.3. The Kier molecular flexibility index (Phi) is 13.8. The Bertz CT molecular complexity index is 1470. The molecule has 0 aromatic heterocycles. The fourth-order valence-corrected chi connectivity index (χ4v) is 5.34. The van der Waals surface area contributed by atoms with Gasteiger partial charge in [0.05, 0.1) is 23.0 Å². The van der Waals surface area contributed by atoms with Crippen LogP contribution in [0.5, 0.6) is 5.75 Å². The first-order valence-corrected chi connectivity index (χ1v) is 16.0. The second-order valence-corrected chi connectivity index (χ2v) is 12.3. The summed E-state index contributed by atoms with van der Waals surface area (Å²) in [5.41, 5.74) is 2.10. The third kappa shape index (κ3) is 10.4. The van der Waals surface area contributed by atoms with Gasteiger partial charge in [-0.2, -0.15) is 13.2 Å². The van der Waals surface area contributed by atoms with Crippen molar-refractivity contribution in [1.29, 1.82) is 0 Å². The standard InChI is InChI=1S/C36H37ClF3NO2.C3H8/c1-26(42)35(2,3)30-18-11-19-31(23-30)43-22-12-21-41(24-29-17-10-20-33(34(29)37)36(38,39)40)25-32(27-13-6-4-7-14-27)28-15-8-5-9-16-28;1-3-2/h4-11,13-20,23,32,42H,1,12,21-22,24-25H2,2-3H3;3H2,1-2H3. The maximum atomic E-state index is 13.6. The SMILES string of the molecule is C=C(O)C(C)(C)c1cccc(OCCCN(Cc2cccc(C(F)(F)F)c2Cl)CC(c2ccccc2)c2ccccc2)c1.CCC. The van der Waals surface area contributed by atoms with Gasteiger partial charge < -0.3 is 9.84 Å². The van der Waals surface area contributed by atoms with E-state index in [0.717, 1.165) is 22.8 Å². The third-order valence-electron chi connectivity index (χ3n) is 7.79. The van der Waals surface area contributed by atoms with Crippen molar-refractivity contribution in [2.24, 2.45) is 0 Å². The van der Waals surface area contributed by atoms with Gasteiger partial charge in [0.25, 0.3) is 0 Å². The highest BCUT2D eigenvalue weighted by Crippen LogP contribution is 2.37. The van der Waals surface area contributed by atoms with E-state index in [2.05, 4.69) is 49.6 Å². The summed E-state index contributed by atoms with van der Waals surface area (Å²) in [6.45, 7) is 13.5. The predicted molar refractivity (Wildman–Crippen MR) is 184 cm³/mol. The van der Waals surface area contributed by atoms with Crippen LogP contribution < -0.4 is 4.74 Å². The lowest BCUT2D eigenvalue weighted by molar-refractivity contribution is -0.137. The molecule has 1 N–H and O–H groups in total. The fourth-order valence-electron chi connectivity index (χ4n) is 5.05. The monoisotopic (exact) mass is 651 g/mol. The number of aliphatic hydroxyl groups is 1. The minimum Gasteiger partial charge on any atom is -0.512 e. The number of nitrogens with zero attached hydrogens (tertiary/aromatic N) is 1. The van der Waals surface area contributed by atoms with Crippen molar-refractivity contribution in [3.8, 4) is 5.75 Å². The molecule has 0 unspecified atom stereocenters. The molecule has 46 heavy (non-hydrogen) atoms. The number of alkyl halides is 3. The molecule has 0 heterocycles. The van der Waals surface area contributed by atoms with Crippen LogP contribution in [0.3, 0.4) is 0 Å². The van der Waals surface area contributed by atoms with E-state index in [9.17, 15) is 18.3 Å². The maximum Gasteiger partial charge on any atom is 0.417 e. The van der Waals surface area contributed by atoms with E-state index < -0.39 is 17.2 Å². The van der Waals surface area contributed by atoms with Gasteiger partial charge in [-0.15, -0.1) is 0 Å². The second-order valence-electron chi connectivity index (χ2n) is 11.9. The zero-order chi connectivity index (χ0) is 33.7. The van der Waals surface area contributed by atoms with Crippen molar-refractivity contribution < 1.29 is 23.0 Å². The number of rotatable bonds is 13. The summed E-state index contributed by atoms with van der Waals surface area (Å²) in [6.07, 6.45) is -2.65. The molecular weight excluding hydrogens is 607 g/mol. The molecule has 4 aromatic rings. The Balaban J connectivity index is 0.00000185. The number of halogens is 4. The predicted octanol–water partition coefficient (Wildman–Crippen LogP) is 11.2. The summed E-state index contributed by atoms with van der Waals surface area (Å²) in [7, 11) is 0. The van der Waals surface area contributed by atoms with Crippen LogP contribution >= 0.6 is 11.6 Å². The molecule has 0 atom stereocenters. The van der Waals surface area contributed by atoms with Crippen molar-refractivity contribution in [3.05, 3.63) is 148 Å². The van der Waals surface area contributed by atoms with Crippen molar-refractivity contribution >= 4 is 11.6 Å². The molecule has 4 rings (SSSR count). The highest BCUT2D eigenvalue weighted by molar-refractivity contribution is 6.32. The molecule has 0 spiro atoms. The van der Waals surface area contributed by atoms with E-state index in [1.165, 1.54) is 12.5 Å². The van der Waals surface area contributed by atoms with Gasteiger partial charge in [0.1, 0.15) is 5.75 Å².